The van der Waals surface area contributed by atoms with Gasteiger partial charge in [-0.15, -0.1) is 0 Å². The molecule has 134 valence electrons. The molecule has 3 rings (SSSR count). The Balaban J connectivity index is 1.69. The molecule has 0 atom stereocenters. The molecule has 0 heterocycles. The molecule has 3 aromatic carbocycles. The zero-order chi connectivity index (χ0) is 18.2. The molecule has 0 spiro atoms. The third-order valence-electron chi connectivity index (χ3n) is 3.80. The number of hydrogen-bond acceptors (Lipinski definition) is 3. The van der Waals surface area contributed by atoms with Gasteiger partial charge in [-0.1, -0.05) is 74.5 Å². The molecule has 0 radical (unpaired) electrons. The standard InChI is InChI=1S/C22H23O3P/c1-18(2)20-11-9-10-19(16-20)17-23-26(24-21-12-5-3-6-13-21)25-22-14-7-4-8-15-22/h3-16,18H,17H2,1-2H3. The molecule has 0 aliphatic carbocycles. The van der Waals surface area contributed by atoms with Gasteiger partial charge in [-0.05, 0) is 41.3 Å². The van der Waals surface area contributed by atoms with Crippen LogP contribution in [0, 0.1) is 0 Å². The van der Waals surface area contributed by atoms with Gasteiger partial charge in [0.2, 0.25) is 0 Å². The monoisotopic (exact) mass is 366 g/mol. The van der Waals surface area contributed by atoms with Crippen LogP contribution in [0.1, 0.15) is 30.9 Å². The minimum absolute atomic E-state index is 0.436. The predicted octanol–water partition coefficient (Wildman–Crippen LogP) is 6.71. The van der Waals surface area contributed by atoms with Crippen LogP contribution in [-0.4, -0.2) is 0 Å². The Morgan fingerprint density at radius 1 is 0.731 bits per heavy atom. The molecule has 0 saturated carbocycles. The first-order valence-corrected chi connectivity index (χ1v) is 9.78. The summed E-state index contributed by atoms with van der Waals surface area (Å²) in [6.45, 7) is 4.81. The molecule has 26 heavy (non-hydrogen) atoms. The summed E-state index contributed by atoms with van der Waals surface area (Å²) in [6, 6.07) is 27.6. The fourth-order valence-electron chi connectivity index (χ4n) is 2.38. The van der Waals surface area contributed by atoms with Crippen LogP contribution in [0.4, 0.5) is 0 Å². The highest BCUT2D eigenvalue weighted by atomic mass is 31.2. The predicted molar refractivity (Wildman–Crippen MR) is 106 cm³/mol. The summed E-state index contributed by atoms with van der Waals surface area (Å²) >= 11 is 0. The van der Waals surface area contributed by atoms with E-state index in [-0.39, 0.29) is 0 Å². The maximum atomic E-state index is 5.99. The maximum absolute atomic E-state index is 5.99. The smallest absolute Gasteiger partial charge is 0.418 e. The van der Waals surface area contributed by atoms with Gasteiger partial charge in [0, 0.05) is 0 Å². The first-order chi connectivity index (χ1) is 12.7. The van der Waals surface area contributed by atoms with E-state index in [1.165, 1.54) is 5.56 Å². The molecule has 0 aliphatic heterocycles. The van der Waals surface area contributed by atoms with Gasteiger partial charge >= 0.3 is 8.60 Å². The highest BCUT2D eigenvalue weighted by Crippen LogP contribution is 2.42. The van der Waals surface area contributed by atoms with Crippen LogP contribution >= 0.6 is 8.60 Å². The van der Waals surface area contributed by atoms with Gasteiger partial charge in [0.25, 0.3) is 0 Å². The largest absolute Gasteiger partial charge is 0.463 e. The highest BCUT2D eigenvalue weighted by Gasteiger charge is 2.17. The lowest BCUT2D eigenvalue weighted by atomic mass is 10.0. The van der Waals surface area contributed by atoms with Crippen LogP contribution in [0.3, 0.4) is 0 Å². The second-order valence-corrected chi connectivity index (χ2v) is 7.28. The lowest BCUT2D eigenvalue weighted by Gasteiger charge is -2.18. The van der Waals surface area contributed by atoms with Crippen molar-refractivity contribution in [2.24, 2.45) is 0 Å². The lowest BCUT2D eigenvalue weighted by molar-refractivity contribution is 0.256. The van der Waals surface area contributed by atoms with Crippen molar-refractivity contribution in [3.63, 3.8) is 0 Å². The number of hydrogen-bond donors (Lipinski definition) is 0. The summed E-state index contributed by atoms with van der Waals surface area (Å²) in [6.07, 6.45) is 0. The van der Waals surface area contributed by atoms with E-state index in [1.807, 2.05) is 60.7 Å². The molecular formula is C22H23O3P. The summed E-state index contributed by atoms with van der Waals surface area (Å²) in [5.74, 6) is 1.94. The molecule has 0 aromatic heterocycles. The van der Waals surface area contributed by atoms with Crippen LogP contribution in [0.25, 0.3) is 0 Å². The third kappa shape index (κ3) is 5.59. The number of rotatable bonds is 8. The Morgan fingerprint density at radius 3 is 1.85 bits per heavy atom. The quantitative estimate of drug-likeness (QED) is 0.415. The zero-order valence-corrected chi connectivity index (χ0v) is 15.9. The van der Waals surface area contributed by atoms with Crippen LogP contribution in [-0.2, 0) is 11.1 Å². The normalized spacial score (nSPS) is 10.9. The summed E-state index contributed by atoms with van der Waals surface area (Å²) < 4.78 is 17.9. The van der Waals surface area contributed by atoms with Crippen molar-refractivity contribution >= 4 is 8.60 Å². The average molecular weight is 366 g/mol. The molecule has 0 N–H and O–H groups in total. The molecule has 0 fully saturated rings. The fraction of sp³-hybridized carbons (Fsp3) is 0.182. The minimum Gasteiger partial charge on any atom is -0.418 e. The first-order valence-electron chi connectivity index (χ1n) is 8.68. The van der Waals surface area contributed by atoms with Crippen molar-refractivity contribution < 1.29 is 13.6 Å². The molecule has 0 saturated heterocycles. The molecule has 0 bridgehead atoms. The molecule has 3 aromatic rings. The van der Waals surface area contributed by atoms with Crippen molar-refractivity contribution in [1.82, 2.24) is 0 Å². The SMILES string of the molecule is CC(C)c1cccc(COP(Oc2ccccc2)Oc2ccccc2)c1. The van der Waals surface area contributed by atoms with E-state index < -0.39 is 8.60 Å². The maximum Gasteiger partial charge on any atom is 0.463 e. The van der Waals surface area contributed by atoms with E-state index in [2.05, 4.69) is 38.1 Å². The Morgan fingerprint density at radius 2 is 1.31 bits per heavy atom. The van der Waals surface area contributed by atoms with Crippen LogP contribution in [0.15, 0.2) is 84.9 Å². The topological polar surface area (TPSA) is 27.7 Å². The number of para-hydroxylation sites is 2. The molecule has 3 nitrogen and oxygen atoms in total. The van der Waals surface area contributed by atoms with Crippen LogP contribution in [0.2, 0.25) is 0 Å². The Labute approximate surface area is 156 Å². The Kier molecular flexibility index (Phi) is 6.65. The van der Waals surface area contributed by atoms with Crippen molar-refractivity contribution in [3.8, 4) is 11.5 Å². The third-order valence-corrected chi connectivity index (χ3v) is 4.86. The van der Waals surface area contributed by atoms with E-state index >= 15 is 0 Å². The van der Waals surface area contributed by atoms with Crippen LogP contribution < -0.4 is 9.05 Å². The summed E-state index contributed by atoms with van der Waals surface area (Å²) in [5.41, 5.74) is 2.40. The van der Waals surface area contributed by atoms with Gasteiger partial charge in [0.1, 0.15) is 11.5 Å². The average Bonchev–Trinajstić information content (AvgIpc) is 2.68. The summed E-state index contributed by atoms with van der Waals surface area (Å²) in [4.78, 5) is 0. The Bertz CT molecular complexity index is 749. The zero-order valence-electron chi connectivity index (χ0n) is 15.0. The van der Waals surface area contributed by atoms with E-state index in [1.54, 1.807) is 0 Å². The van der Waals surface area contributed by atoms with Gasteiger partial charge in [0.15, 0.2) is 0 Å². The molecule has 0 aliphatic rings. The van der Waals surface area contributed by atoms with Crippen molar-refractivity contribution in [1.29, 1.82) is 0 Å². The Hall–Kier alpha value is -2.35. The second kappa shape index (κ2) is 9.38. The molecule has 0 unspecified atom stereocenters. The van der Waals surface area contributed by atoms with Crippen LogP contribution in [0.5, 0.6) is 11.5 Å². The van der Waals surface area contributed by atoms with E-state index in [9.17, 15) is 0 Å². The summed E-state index contributed by atoms with van der Waals surface area (Å²) in [5, 5.41) is 0. The first kappa shape index (κ1) is 18.4. The highest BCUT2D eigenvalue weighted by molar-refractivity contribution is 7.42. The van der Waals surface area contributed by atoms with Crippen molar-refractivity contribution in [2.45, 2.75) is 26.4 Å². The van der Waals surface area contributed by atoms with Gasteiger partial charge in [0.05, 0.1) is 6.61 Å². The second-order valence-electron chi connectivity index (χ2n) is 6.21. The number of benzene rings is 3. The minimum atomic E-state index is -1.56. The van der Waals surface area contributed by atoms with Gasteiger partial charge in [-0.3, -0.25) is 4.52 Å². The molecular weight excluding hydrogens is 343 g/mol. The van der Waals surface area contributed by atoms with E-state index in [0.717, 1.165) is 17.1 Å². The van der Waals surface area contributed by atoms with E-state index in [0.29, 0.717) is 12.5 Å². The van der Waals surface area contributed by atoms with E-state index in [4.69, 9.17) is 13.6 Å². The molecule has 4 heteroatoms. The van der Waals surface area contributed by atoms with Crippen molar-refractivity contribution in [2.75, 3.05) is 0 Å². The van der Waals surface area contributed by atoms with Gasteiger partial charge in [-0.25, -0.2) is 0 Å². The van der Waals surface area contributed by atoms with Crippen molar-refractivity contribution in [3.05, 3.63) is 96.1 Å². The lowest BCUT2D eigenvalue weighted by Crippen LogP contribution is -2.01. The summed E-state index contributed by atoms with van der Waals surface area (Å²) in [7, 11) is -1.56. The van der Waals surface area contributed by atoms with Gasteiger partial charge in [-0.2, -0.15) is 0 Å². The fourth-order valence-corrected chi connectivity index (χ4v) is 3.36. The van der Waals surface area contributed by atoms with Gasteiger partial charge < -0.3 is 9.05 Å². The molecule has 0 amide bonds.